The van der Waals surface area contributed by atoms with E-state index in [2.05, 4.69) is 16.4 Å². The Morgan fingerprint density at radius 1 is 1.30 bits per heavy atom. The van der Waals surface area contributed by atoms with Crippen LogP contribution in [-0.2, 0) is 0 Å². The number of para-hydroxylation sites is 1. The maximum absolute atomic E-state index is 9.23. The van der Waals surface area contributed by atoms with E-state index in [1.807, 2.05) is 30.3 Å². The van der Waals surface area contributed by atoms with Crippen molar-refractivity contribution in [1.82, 2.24) is 10.3 Å². The minimum atomic E-state index is 0.463. The van der Waals surface area contributed by atoms with Crippen molar-refractivity contribution in [2.75, 3.05) is 19.7 Å². The Labute approximate surface area is 118 Å². The summed E-state index contributed by atoms with van der Waals surface area (Å²) in [6, 6.07) is 11.8. The lowest BCUT2D eigenvalue weighted by Gasteiger charge is -2.22. The van der Waals surface area contributed by atoms with Gasteiger partial charge in [-0.2, -0.15) is 5.26 Å². The monoisotopic (exact) mass is 267 g/mol. The molecule has 0 radical (unpaired) electrons. The maximum Gasteiger partial charge on any atom is 0.232 e. The van der Waals surface area contributed by atoms with E-state index in [0.29, 0.717) is 24.0 Å². The molecule has 0 saturated carbocycles. The van der Waals surface area contributed by atoms with Gasteiger partial charge in [0.15, 0.2) is 0 Å². The number of rotatable bonds is 3. The standard InChI is InChI=1S/C16H17N3O/c17-10-14-9-13-3-1-2-4-15(13)19-16(14)20-11-12-5-7-18-8-6-12/h1-4,9,12,18H,5-8,11H2. The molecule has 0 amide bonds. The van der Waals surface area contributed by atoms with Crippen LogP contribution in [0.5, 0.6) is 5.88 Å². The average Bonchev–Trinajstić information content (AvgIpc) is 2.53. The van der Waals surface area contributed by atoms with E-state index in [4.69, 9.17) is 4.74 Å². The first-order chi connectivity index (χ1) is 9.86. The second kappa shape index (κ2) is 5.89. The number of piperidine rings is 1. The summed E-state index contributed by atoms with van der Waals surface area (Å²) in [5.41, 5.74) is 1.38. The van der Waals surface area contributed by atoms with Gasteiger partial charge in [0, 0.05) is 5.39 Å². The van der Waals surface area contributed by atoms with Crippen LogP contribution in [0.15, 0.2) is 30.3 Å². The van der Waals surface area contributed by atoms with Gasteiger partial charge in [0.05, 0.1) is 12.1 Å². The van der Waals surface area contributed by atoms with E-state index in [1.165, 1.54) is 0 Å². The third-order valence-electron chi connectivity index (χ3n) is 3.72. The van der Waals surface area contributed by atoms with Crippen molar-refractivity contribution in [3.8, 4) is 11.9 Å². The highest BCUT2D eigenvalue weighted by atomic mass is 16.5. The number of benzene rings is 1. The Hall–Kier alpha value is -2.12. The van der Waals surface area contributed by atoms with Gasteiger partial charge >= 0.3 is 0 Å². The van der Waals surface area contributed by atoms with Crippen LogP contribution >= 0.6 is 0 Å². The zero-order valence-electron chi connectivity index (χ0n) is 11.3. The van der Waals surface area contributed by atoms with Crippen LogP contribution in [0.25, 0.3) is 10.9 Å². The first kappa shape index (κ1) is 12.9. The van der Waals surface area contributed by atoms with Crippen molar-refractivity contribution in [2.45, 2.75) is 12.8 Å². The molecule has 0 bridgehead atoms. The molecule has 2 heterocycles. The van der Waals surface area contributed by atoms with Crippen LogP contribution < -0.4 is 10.1 Å². The molecule has 1 aromatic carbocycles. The van der Waals surface area contributed by atoms with E-state index >= 15 is 0 Å². The van der Waals surface area contributed by atoms with Crippen molar-refractivity contribution in [3.63, 3.8) is 0 Å². The molecule has 1 aliphatic heterocycles. The van der Waals surface area contributed by atoms with Gasteiger partial charge in [-0.05, 0) is 44.0 Å². The van der Waals surface area contributed by atoms with Crippen molar-refractivity contribution in [2.24, 2.45) is 5.92 Å². The molecular weight excluding hydrogens is 250 g/mol. The minimum Gasteiger partial charge on any atom is -0.476 e. The number of nitriles is 1. The van der Waals surface area contributed by atoms with Gasteiger partial charge in [0.1, 0.15) is 11.6 Å². The number of ether oxygens (including phenoxy) is 1. The predicted octanol–water partition coefficient (Wildman–Crippen LogP) is 2.48. The molecule has 0 aliphatic carbocycles. The molecule has 1 fully saturated rings. The Bertz CT molecular complexity index is 642. The maximum atomic E-state index is 9.23. The zero-order valence-corrected chi connectivity index (χ0v) is 11.3. The summed E-state index contributed by atoms with van der Waals surface area (Å²) in [5.74, 6) is 1.01. The van der Waals surface area contributed by atoms with Gasteiger partial charge in [-0.15, -0.1) is 0 Å². The Kier molecular flexibility index (Phi) is 3.80. The predicted molar refractivity (Wildman–Crippen MR) is 77.5 cm³/mol. The summed E-state index contributed by atoms with van der Waals surface area (Å²) < 4.78 is 5.81. The third kappa shape index (κ3) is 2.73. The first-order valence-electron chi connectivity index (χ1n) is 7.00. The lowest BCUT2D eigenvalue weighted by molar-refractivity contribution is 0.209. The lowest BCUT2D eigenvalue weighted by Crippen LogP contribution is -2.30. The minimum absolute atomic E-state index is 0.463. The highest BCUT2D eigenvalue weighted by molar-refractivity contribution is 5.80. The highest BCUT2D eigenvalue weighted by Gasteiger charge is 2.15. The molecule has 4 nitrogen and oxygen atoms in total. The van der Waals surface area contributed by atoms with Gasteiger partial charge in [-0.1, -0.05) is 18.2 Å². The first-order valence-corrected chi connectivity index (χ1v) is 7.00. The fraction of sp³-hybridized carbons (Fsp3) is 0.375. The molecule has 102 valence electrons. The topological polar surface area (TPSA) is 57.9 Å². The molecule has 1 aliphatic rings. The summed E-state index contributed by atoms with van der Waals surface area (Å²) in [4.78, 5) is 4.47. The van der Waals surface area contributed by atoms with Gasteiger partial charge in [0.2, 0.25) is 5.88 Å². The zero-order chi connectivity index (χ0) is 13.8. The number of nitrogens with one attached hydrogen (secondary N) is 1. The number of hydrogen-bond acceptors (Lipinski definition) is 4. The molecule has 1 N–H and O–H groups in total. The Morgan fingerprint density at radius 3 is 2.90 bits per heavy atom. The van der Waals surface area contributed by atoms with Crippen LogP contribution in [-0.4, -0.2) is 24.7 Å². The summed E-state index contributed by atoms with van der Waals surface area (Å²) in [5, 5.41) is 13.5. The third-order valence-corrected chi connectivity index (χ3v) is 3.72. The normalized spacial score (nSPS) is 15.9. The molecule has 1 aromatic heterocycles. The molecule has 0 atom stereocenters. The van der Waals surface area contributed by atoms with E-state index in [9.17, 15) is 5.26 Å². The molecule has 3 rings (SSSR count). The quantitative estimate of drug-likeness (QED) is 0.928. The van der Waals surface area contributed by atoms with Gasteiger partial charge in [-0.25, -0.2) is 4.98 Å². The molecular formula is C16H17N3O. The van der Waals surface area contributed by atoms with Crippen LogP contribution in [0, 0.1) is 17.2 Å². The van der Waals surface area contributed by atoms with Crippen LogP contribution in [0.3, 0.4) is 0 Å². The summed E-state index contributed by atoms with van der Waals surface area (Å²) in [6.45, 7) is 2.73. The number of hydrogen-bond donors (Lipinski definition) is 1. The Balaban J connectivity index is 1.80. The van der Waals surface area contributed by atoms with Crippen LogP contribution in [0.2, 0.25) is 0 Å². The van der Waals surface area contributed by atoms with Gasteiger partial charge in [0.25, 0.3) is 0 Å². The van der Waals surface area contributed by atoms with Crippen molar-refractivity contribution in [1.29, 1.82) is 5.26 Å². The largest absolute Gasteiger partial charge is 0.476 e. The lowest BCUT2D eigenvalue weighted by atomic mass is 9.99. The second-order valence-electron chi connectivity index (χ2n) is 5.15. The fourth-order valence-electron chi connectivity index (χ4n) is 2.53. The van der Waals surface area contributed by atoms with E-state index in [-0.39, 0.29) is 0 Å². The molecule has 0 unspecified atom stereocenters. The van der Waals surface area contributed by atoms with Gasteiger partial charge < -0.3 is 10.1 Å². The second-order valence-corrected chi connectivity index (χ2v) is 5.15. The molecule has 4 heteroatoms. The SMILES string of the molecule is N#Cc1cc2ccccc2nc1OCC1CCNCC1. The smallest absolute Gasteiger partial charge is 0.232 e. The summed E-state index contributed by atoms with van der Waals surface area (Å²) >= 11 is 0. The summed E-state index contributed by atoms with van der Waals surface area (Å²) in [6.07, 6.45) is 2.24. The fourth-order valence-corrected chi connectivity index (χ4v) is 2.53. The van der Waals surface area contributed by atoms with Crippen molar-refractivity contribution in [3.05, 3.63) is 35.9 Å². The van der Waals surface area contributed by atoms with E-state index in [1.54, 1.807) is 0 Å². The number of nitrogens with zero attached hydrogens (tertiary/aromatic N) is 2. The van der Waals surface area contributed by atoms with Crippen molar-refractivity contribution >= 4 is 10.9 Å². The highest BCUT2D eigenvalue weighted by Crippen LogP contribution is 2.23. The summed E-state index contributed by atoms with van der Waals surface area (Å²) in [7, 11) is 0. The average molecular weight is 267 g/mol. The Morgan fingerprint density at radius 2 is 2.10 bits per heavy atom. The van der Waals surface area contributed by atoms with Crippen molar-refractivity contribution < 1.29 is 4.74 Å². The molecule has 20 heavy (non-hydrogen) atoms. The molecule has 1 saturated heterocycles. The van der Waals surface area contributed by atoms with E-state index in [0.717, 1.165) is 36.8 Å². The van der Waals surface area contributed by atoms with E-state index < -0.39 is 0 Å². The number of fused-ring (bicyclic) bond motifs is 1. The van der Waals surface area contributed by atoms with Crippen LogP contribution in [0.1, 0.15) is 18.4 Å². The molecule has 0 spiro atoms. The number of aromatic nitrogens is 1. The molecule has 2 aromatic rings. The van der Waals surface area contributed by atoms with Gasteiger partial charge in [-0.3, -0.25) is 0 Å². The number of pyridine rings is 1. The van der Waals surface area contributed by atoms with Crippen LogP contribution in [0.4, 0.5) is 0 Å².